The zero-order chi connectivity index (χ0) is 21.4. The summed E-state index contributed by atoms with van der Waals surface area (Å²) in [4.78, 5) is 24.2. The molecule has 2 amide bonds. The molecule has 0 aliphatic rings. The van der Waals surface area contributed by atoms with Gasteiger partial charge in [-0.05, 0) is 44.0 Å². The third-order valence-corrected chi connectivity index (χ3v) is 3.95. The Morgan fingerprint density at radius 1 is 1.07 bits per heavy atom. The van der Waals surface area contributed by atoms with Crippen LogP contribution in [0.2, 0.25) is 0 Å². The molecule has 0 aromatic heterocycles. The van der Waals surface area contributed by atoms with E-state index in [1.807, 2.05) is 30.3 Å². The number of phenols is 1. The van der Waals surface area contributed by atoms with Gasteiger partial charge in [0.1, 0.15) is 18.2 Å². The molecule has 1 atom stereocenters. The van der Waals surface area contributed by atoms with E-state index < -0.39 is 17.7 Å². The summed E-state index contributed by atoms with van der Waals surface area (Å²) in [5.74, 6) is -0.0553. The standard InChI is InChI=1S/C22H28N2O5/c1-22(2,3)29-21(27)24-17(20(26)23-4)12-16-10-11-19(18(25)13-16)28-14-15-8-6-5-7-9-15/h5-11,13,17,25H,12,14H2,1-4H3,(H,23,26)(H,24,27). The average Bonchev–Trinajstić information content (AvgIpc) is 2.65. The van der Waals surface area contributed by atoms with Gasteiger partial charge in [0.05, 0.1) is 0 Å². The van der Waals surface area contributed by atoms with Crippen LogP contribution in [0.1, 0.15) is 31.9 Å². The van der Waals surface area contributed by atoms with Crippen LogP contribution in [-0.4, -0.2) is 35.8 Å². The lowest BCUT2D eigenvalue weighted by molar-refractivity contribution is -0.122. The Morgan fingerprint density at radius 3 is 2.34 bits per heavy atom. The highest BCUT2D eigenvalue weighted by molar-refractivity contribution is 5.85. The molecule has 0 aliphatic heterocycles. The van der Waals surface area contributed by atoms with Gasteiger partial charge in [-0.3, -0.25) is 4.79 Å². The zero-order valence-electron chi connectivity index (χ0n) is 17.2. The number of amides is 2. The Bertz CT molecular complexity index is 831. The van der Waals surface area contributed by atoms with E-state index in [0.717, 1.165) is 5.56 Å². The van der Waals surface area contributed by atoms with Crippen LogP contribution >= 0.6 is 0 Å². The molecule has 2 rings (SSSR count). The number of hydrogen-bond donors (Lipinski definition) is 3. The minimum atomic E-state index is -0.842. The van der Waals surface area contributed by atoms with Crippen molar-refractivity contribution in [2.24, 2.45) is 0 Å². The largest absolute Gasteiger partial charge is 0.504 e. The summed E-state index contributed by atoms with van der Waals surface area (Å²) in [7, 11) is 1.49. The van der Waals surface area contributed by atoms with Gasteiger partial charge in [-0.15, -0.1) is 0 Å². The summed E-state index contributed by atoms with van der Waals surface area (Å²) in [6.45, 7) is 5.56. The van der Waals surface area contributed by atoms with Crippen LogP contribution < -0.4 is 15.4 Å². The number of benzene rings is 2. The second-order valence-electron chi connectivity index (χ2n) is 7.59. The summed E-state index contributed by atoms with van der Waals surface area (Å²) >= 11 is 0. The van der Waals surface area contributed by atoms with Crippen molar-refractivity contribution in [1.29, 1.82) is 0 Å². The summed E-state index contributed by atoms with van der Waals surface area (Å²) in [6, 6.07) is 13.7. The molecule has 7 nitrogen and oxygen atoms in total. The van der Waals surface area contributed by atoms with Crippen molar-refractivity contribution in [2.75, 3.05) is 7.05 Å². The van der Waals surface area contributed by atoms with E-state index in [4.69, 9.17) is 9.47 Å². The Labute approximate surface area is 171 Å². The molecule has 3 N–H and O–H groups in total. The van der Waals surface area contributed by atoms with E-state index >= 15 is 0 Å². The number of hydrogen-bond acceptors (Lipinski definition) is 5. The van der Waals surface area contributed by atoms with Gasteiger partial charge in [-0.1, -0.05) is 36.4 Å². The number of carbonyl (C=O) groups is 2. The molecule has 0 spiro atoms. The molecule has 0 aliphatic carbocycles. The molecular weight excluding hydrogens is 372 g/mol. The first-order chi connectivity index (χ1) is 13.7. The lowest BCUT2D eigenvalue weighted by Gasteiger charge is -2.23. The minimum absolute atomic E-state index is 0.0358. The van der Waals surface area contributed by atoms with Gasteiger partial charge < -0.3 is 25.2 Å². The van der Waals surface area contributed by atoms with Crippen molar-refractivity contribution in [2.45, 2.75) is 45.4 Å². The number of aromatic hydroxyl groups is 1. The summed E-state index contributed by atoms with van der Waals surface area (Å²) in [6.07, 6.45) is -0.496. The lowest BCUT2D eigenvalue weighted by Crippen LogP contribution is -2.48. The molecule has 0 bridgehead atoms. The highest BCUT2D eigenvalue weighted by Gasteiger charge is 2.24. The fourth-order valence-electron chi connectivity index (χ4n) is 2.62. The second kappa shape index (κ2) is 9.82. The normalized spacial score (nSPS) is 12.0. The predicted molar refractivity (Wildman–Crippen MR) is 110 cm³/mol. The van der Waals surface area contributed by atoms with Crippen LogP contribution in [0.25, 0.3) is 0 Å². The van der Waals surface area contributed by atoms with Crippen molar-refractivity contribution in [3.63, 3.8) is 0 Å². The Kier molecular flexibility index (Phi) is 7.47. The van der Waals surface area contributed by atoms with Crippen LogP contribution in [0.4, 0.5) is 4.79 Å². The molecule has 0 saturated heterocycles. The first-order valence-electron chi connectivity index (χ1n) is 9.37. The van der Waals surface area contributed by atoms with Gasteiger partial charge in [0.25, 0.3) is 0 Å². The first-order valence-corrected chi connectivity index (χ1v) is 9.37. The molecule has 1 unspecified atom stereocenters. The molecule has 0 fully saturated rings. The van der Waals surface area contributed by atoms with Crippen molar-refractivity contribution in [3.05, 3.63) is 59.7 Å². The number of phenolic OH excluding ortho intramolecular Hbond substituents is 1. The van der Waals surface area contributed by atoms with E-state index in [1.54, 1.807) is 32.9 Å². The maximum absolute atomic E-state index is 12.2. The Hall–Kier alpha value is -3.22. The van der Waals surface area contributed by atoms with Crippen molar-refractivity contribution >= 4 is 12.0 Å². The SMILES string of the molecule is CNC(=O)C(Cc1ccc(OCc2ccccc2)c(O)c1)NC(=O)OC(C)(C)C. The highest BCUT2D eigenvalue weighted by atomic mass is 16.6. The van der Waals surface area contributed by atoms with E-state index in [0.29, 0.717) is 17.9 Å². The van der Waals surface area contributed by atoms with E-state index in [2.05, 4.69) is 10.6 Å². The average molecular weight is 400 g/mol. The van der Waals surface area contributed by atoms with Gasteiger partial charge in [0.2, 0.25) is 5.91 Å². The summed E-state index contributed by atoms with van der Waals surface area (Å²) < 4.78 is 10.9. The third-order valence-electron chi connectivity index (χ3n) is 3.95. The molecule has 7 heteroatoms. The van der Waals surface area contributed by atoms with Gasteiger partial charge in [0, 0.05) is 13.5 Å². The molecule has 29 heavy (non-hydrogen) atoms. The van der Waals surface area contributed by atoms with Crippen LogP contribution in [0.3, 0.4) is 0 Å². The van der Waals surface area contributed by atoms with Crippen LogP contribution in [0.15, 0.2) is 48.5 Å². The fourth-order valence-corrected chi connectivity index (χ4v) is 2.62. The molecule has 0 saturated carbocycles. The fraction of sp³-hybridized carbons (Fsp3) is 0.364. The van der Waals surface area contributed by atoms with Crippen molar-refractivity contribution in [1.82, 2.24) is 10.6 Å². The smallest absolute Gasteiger partial charge is 0.408 e. The van der Waals surface area contributed by atoms with E-state index in [1.165, 1.54) is 13.1 Å². The number of rotatable bonds is 7. The van der Waals surface area contributed by atoms with Crippen molar-refractivity contribution < 1.29 is 24.2 Å². The number of likely N-dealkylation sites (N-methyl/N-ethyl adjacent to an activating group) is 1. The first kappa shape index (κ1) is 22.1. The van der Waals surface area contributed by atoms with Gasteiger partial charge in [-0.25, -0.2) is 4.79 Å². The van der Waals surface area contributed by atoms with Crippen LogP contribution in [0.5, 0.6) is 11.5 Å². The number of nitrogens with one attached hydrogen (secondary N) is 2. The topological polar surface area (TPSA) is 96.9 Å². The Morgan fingerprint density at radius 2 is 1.76 bits per heavy atom. The van der Waals surface area contributed by atoms with E-state index in [-0.39, 0.29) is 18.1 Å². The zero-order valence-corrected chi connectivity index (χ0v) is 17.2. The monoisotopic (exact) mass is 400 g/mol. The molecule has 0 radical (unpaired) electrons. The quantitative estimate of drug-likeness (QED) is 0.663. The summed E-state index contributed by atoms with van der Waals surface area (Å²) in [5, 5.41) is 15.4. The number of alkyl carbamates (subject to hydrolysis) is 1. The molecule has 2 aromatic rings. The lowest BCUT2D eigenvalue weighted by atomic mass is 10.0. The third kappa shape index (κ3) is 7.37. The summed E-state index contributed by atoms with van der Waals surface area (Å²) in [5.41, 5.74) is 0.976. The van der Waals surface area contributed by atoms with Gasteiger partial charge >= 0.3 is 6.09 Å². The molecule has 156 valence electrons. The predicted octanol–water partition coefficient (Wildman–Crippen LogP) is 3.15. The van der Waals surface area contributed by atoms with Gasteiger partial charge in [0.15, 0.2) is 11.5 Å². The van der Waals surface area contributed by atoms with Crippen LogP contribution in [0, 0.1) is 0 Å². The second-order valence-corrected chi connectivity index (χ2v) is 7.59. The maximum atomic E-state index is 12.2. The Balaban J connectivity index is 2.04. The number of carbonyl (C=O) groups excluding carboxylic acids is 2. The minimum Gasteiger partial charge on any atom is -0.504 e. The van der Waals surface area contributed by atoms with Crippen LogP contribution in [-0.2, 0) is 22.6 Å². The number of ether oxygens (including phenoxy) is 2. The highest BCUT2D eigenvalue weighted by Crippen LogP contribution is 2.28. The molecule has 2 aromatic carbocycles. The van der Waals surface area contributed by atoms with Crippen molar-refractivity contribution in [3.8, 4) is 11.5 Å². The molecular formula is C22H28N2O5. The molecule has 0 heterocycles. The van der Waals surface area contributed by atoms with E-state index in [9.17, 15) is 14.7 Å². The maximum Gasteiger partial charge on any atom is 0.408 e. The van der Waals surface area contributed by atoms with Gasteiger partial charge in [-0.2, -0.15) is 0 Å².